The molecule has 1 aliphatic heterocycles. The Bertz CT molecular complexity index is 419. The molecule has 0 radical (unpaired) electrons. The maximum absolute atomic E-state index is 11.8. The van der Waals surface area contributed by atoms with Gasteiger partial charge in [-0.05, 0) is 66.2 Å². The lowest BCUT2D eigenvalue weighted by molar-refractivity contribution is -0.116. The Balaban J connectivity index is 1.93. The molecule has 0 bridgehead atoms. The Labute approximate surface area is 119 Å². The van der Waals surface area contributed by atoms with Crippen molar-refractivity contribution in [2.45, 2.75) is 12.8 Å². The third kappa shape index (κ3) is 3.82. The Hall–Kier alpha value is -0.330. The molecule has 1 saturated heterocycles. The van der Waals surface area contributed by atoms with Gasteiger partial charge in [0.2, 0.25) is 5.91 Å². The summed E-state index contributed by atoms with van der Waals surface area (Å²) in [4.78, 5) is 11.8. The number of hydrogen-bond donors (Lipinski definition) is 2. The van der Waals surface area contributed by atoms with Gasteiger partial charge in [-0.1, -0.05) is 11.6 Å². The summed E-state index contributed by atoms with van der Waals surface area (Å²) in [7, 11) is 0. The van der Waals surface area contributed by atoms with Crippen LogP contribution in [0.2, 0.25) is 5.02 Å². The molecule has 0 saturated carbocycles. The maximum atomic E-state index is 11.8. The molecule has 17 heavy (non-hydrogen) atoms. The van der Waals surface area contributed by atoms with Gasteiger partial charge in [-0.3, -0.25) is 4.79 Å². The number of rotatable bonds is 3. The molecule has 0 aromatic heterocycles. The van der Waals surface area contributed by atoms with Gasteiger partial charge in [0.25, 0.3) is 0 Å². The minimum Gasteiger partial charge on any atom is -0.325 e. The lowest BCUT2D eigenvalue weighted by Gasteiger charge is -2.10. The minimum absolute atomic E-state index is 0.0433. The number of carbonyl (C=O) groups excluding carboxylic acids is 1. The van der Waals surface area contributed by atoms with Crippen molar-refractivity contribution in [2.24, 2.45) is 5.92 Å². The van der Waals surface area contributed by atoms with Crippen LogP contribution in [0.5, 0.6) is 0 Å². The number of benzene rings is 1. The summed E-state index contributed by atoms with van der Waals surface area (Å²) in [5.41, 5.74) is 0.697. The van der Waals surface area contributed by atoms with E-state index in [0.29, 0.717) is 23.0 Å². The minimum atomic E-state index is 0.0433. The van der Waals surface area contributed by atoms with Crippen molar-refractivity contribution < 1.29 is 4.79 Å². The van der Waals surface area contributed by atoms with Gasteiger partial charge in [0.05, 0.1) is 10.7 Å². The predicted molar refractivity (Wildman–Crippen MR) is 78.4 cm³/mol. The second-order valence-corrected chi connectivity index (χ2v) is 5.89. The SMILES string of the molecule is O=C(CC1CCNC1)Nc1ccc(I)cc1Cl. The van der Waals surface area contributed by atoms with Gasteiger partial charge in [-0.2, -0.15) is 0 Å². The molecule has 0 aliphatic carbocycles. The van der Waals surface area contributed by atoms with Crippen molar-refractivity contribution in [2.75, 3.05) is 18.4 Å². The first-order valence-electron chi connectivity index (χ1n) is 5.61. The summed E-state index contributed by atoms with van der Waals surface area (Å²) in [6.45, 7) is 1.95. The second kappa shape index (κ2) is 6.02. The summed E-state index contributed by atoms with van der Waals surface area (Å²) < 4.78 is 1.06. The first-order chi connectivity index (χ1) is 8.15. The van der Waals surface area contributed by atoms with Crippen molar-refractivity contribution in [1.29, 1.82) is 0 Å². The molecule has 5 heteroatoms. The normalized spacial score (nSPS) is 19.3. The molecule has 3 nitrogen and oxygen atoms in total. The average Bonchev–Trinajstić information content (AvgIpc) is 2.75. The summed E-state index contributed by atoms with van der Waals surface area (Å²) in [5.74, 6) is 0.499. The zero-order valence-corrected chi connectivity index (χ0v) is 12.2. The van der Waals surface area contributed by atoms with E-state index in [4.69, 9.17) is 11.6 Å². The molecule has 1 aromatic rings. The Morgan fingerprint density at radius 1 is 1.59 bits per heavy atom. The lowest BCUT2D eigenvalue weighted by Crippen LogP contribution is -2.18. The fourth-order valence-electron chi connectivity index (χ4n) is 1.94. The van der Waals surface area contributed by atoms with Crippen LogP contribution in [-0.4, -0.2) is 19.0 Å². The second-order valence-electron chi connectivity index (χ2n) is 4.24. The molecular weight excluding hydrogens is 351 g/mol. The van der Waals surface area contributed by atoms with Crippen LogP contribution in [0.15, 0.2) is 18.2 Å². The largest absolute Gasteiger partial charge is 0.325 e. The standard InChI is InChI=1S/C12H14ClIN2O/c13-10-6-9(14)1-2-11(10)16-12(17)5-8-3-4-15-7-8/h1-2,6,8,15H,3-5,7H2,(H,16,17). The molecule has 1 aromatic carbocycles. The van der Waals surface area contributed by atoms with E-state index >= 15 is 0 Å². The first-order valence-corrected chi connectivity index (χ1v) is 7.06. The maximum Gasteiger partial charge on any atom is 0.224 e. The highest BCUT2D eigenvalue weighted by Crippen LogP contribution is 2.24. The van der Waals surface area contributed by atoms with Crippen LogP contribution in [0.1, 0.15) is 12.8 Å². The quantitative estimate of drug-likeness (QED) is 0.810. The molecule has 0 spiro atoms. The zero-order valence-electron chi connectivity index (χ0n) is 9.30. The molecule has 1 unspecified atom stereocenters. The summed E-state index contributed by atoms with van der Waals surface area (Å²) in [6, 6.07) is 5.61. The van der Waals surface area contributed by atoms with Gasteiger partial charge in [-0.15, -0.1) is 0 Å². The molecule has 1 amide bonds. The van der Waals surface area contributed by atoms with E-state index in [1.54, 1.807) is 0 Å². The number of nitrogens with one attached hydrogen (secondary N) is 2. The van der Waals surface area contributed by atoms with Crippen LogP contribution in [0.25, 0.3) is 0 Å². The van der Waals surface area contributed by atoms with E-state index in [0.717, 1.165) is 23.1 Å². The summed E-state index contributed by atoms with van der Waals surface area (Å²) in [6.07, 6.45) is 1.64. The van der Waals surface area contributed by atoms with E-state index < -0.39 is 0 Å². The number of anilines is 1. The van der Waals surface area contributed by atoms with Crippen LogP contribution >= 0.6 is 34.2 Å². The molecule has 2 rings (SSSR count). The van der Waals surface area contributed by atoms with Crippen molar-refractivity contribution in [1.82, 2.24) is 5.32 Å². The van der Waals surface area contributed by atoms with E-state index in [9.17, 15) is 4.79 Å². The molecular formula is C12H14ClIN2O. The van der Waals surface area contributed by atoms with Gasteiger partial charge in [0.1, 0.15) is 0 Å². The number of hydrogen-bond acceptors (Lipinski definition) is 2. The number of amides is 1. The van der Waals surface area contributed by atoms with Crippen LogP contribution in [0.3, 0.4) is 0 Å². The molecule has 1 atom stereocenters. The van der Waals surface area contributed by atoms with Crippen LogP contribution < -0.4 is 10.6 Å². The van der Waals surface area contributed by atoms with E-state index in [-0.39, 0.29) is 5.91 Å². The highest BCUT2D eigenvalue weighted by molar-refractivity contribution is 14.1. The smallest absolute Gasteiger partial charge is 0.224 e. The molecule has 1 fully saturated rings. The molecule has 1 heterocycles. The van der Waals surface area contributed by atoms with Crippen molar-refractivity contribution in [3.63, 3.8) is 0 Å². The highest BCUT2D eigenvalue weighted by atomic mass is 127. The molecule has 92 valence electrons. The predicted octanol–water partition coefficient (Wildman–Crippen LogP) is 2.88. The van der Waals surface area contributed by atoms with Crippen LogP contribution in [0.4, 0.5) is 5.69 Å². The van der Waals surface area contributed by atoms with Crippen molar-refractivity contribution >= 4 is 45.8 Å². The molecule has 1 aliphatic rings. The van der Waals surface area contributed by atoms with Crippen LogP contribution in [-0.2, 0) is 4.79 Å². The van der Waals surface area contributed by atoms with Gasteiger partial charge >= 0.3 is 0 Å². The third-order valence-electron chi connectivity index (χ3n) is 2.84. The topological polar surface area (TPSA) is 41.1 Å². The summed E-state index contributed by atoms with van der Waals surface area (Å²) >= 11 is 8.25. The van der Waals surface area contributed by atoms with Gasteiger partial charge < -0.3 is 10.6 Å². The Kier molecular flexibility index (Phi) is 4.64. The monoisotopic (exact) mass is 364 g/mol. The number of carbonyl (C=O) groups is 1. The van der Waals surface area contributed by atoms with E-state index in [1.165, 1.54) is 0 Å². The lowest BCUT2D eigenvalue weighted by atomic mass is 10.0. The van der Waals surface area contributed by atoms with Crippen LogP contribution in [0, 0.1) is 9.49 Å². The van der Waals surface area contributed by atoms with E-state index in [2.05, 4.69) is 33.2 Å². The summed E-state index contributed by atoms with van der Waals surface area (Å²) in [5, 5.41) is 6.71. The Morgan fingerprint density at radius 2 is 2.41 bits per heavy atom. The first kappa shape index (κ1) is 13.1. The number of halogens is 2. The van der Waals surface area contributed by atoms with Crippen molar-refractivity contribution in [3.05, 3.63) is 26.8 Å². The van der Waals surface area contributed by atoms with Gasteiger partial charge in [0, 0.05) is 9.99 Å². The highest BCUT2D eigenvalue weighted by Gasteiger charge is 2.18. The van der Waals surface area contributed by atoms with Gasteiger partial charge in [-0.25, -0.2) is 0 Å². The average molecular weight is 365 g/mol. The van der Waals surface area contributed by atoms with Gasteiger partial charge in [0.15, 0.2) is 0 Å². The fourth-order valence-corrected chi connectivity index (χ4v) is 2.85. The zero-order chi connectivity index (χ0) is 12.3. The third-order valence-corrected chi connectivity index (χ3v) is 3.83. The fraction of sp³-hybridized carbons (Fsp3) is 0.417. The van der Waals surface area contributed by atoms with E-state index in [1.807, 2.05) is 18.2 Å². The Morgan fingerprint density at radius 3 is 3.06 bits per heavy atom. The molecule has 2 N–H and O–H groups in total. The van der Waals surface area contributed by atoms with Crippen molar-refractivity contribution in [3.8, 4) is 0 Å².